The van der Waals surface area contributed by atoms with Gasteiger partial charge in [0.05, 0.1) is 18.7 Å². The largest absolute Gasteiger partial charge is 0.361 e. The monoisotopic (exact) mass is 348 g/mol. The third kappa shape index (κ3) is 3.02. The number of hydrogen-bond acceptors (Lipinski definition) is 2. The standard InChI is InChI=1S/C21H21N3O2/c1-14-6-8-16(9-7-14)24-20(25)12-19(21(24)26)22-11-10-15-13-23-18-5-3-2-4-17(15)18/h2-9,13,19,22-23H,10-12H2,1H3/p+1/t19-/m1/s1. The van der Waals surface area contributed by atoms with Crippen molar-refractivity contribution in [3.63, 3.8) is 0 Å². The molecule has 0 unspecified atom stereocenters. The van der Waals surface area contributed by atoms with Crippen LogP contribution in [0.2, 0.25) is 0 Å². The highest BCUT2D eigenvalue weighted by Crippen LogP contribution is 2.22. The lowest BCUT2D eigenvalue weighted by Gasteiger charge is -2.14. The van der Waals surface area contributed by atoms with Crippen LogP contribution in [-0.4, -0.2) is 29.4 Å². The number of fused-ring (bicyclic) bond motifs is 1. The Bertz CT molecular complexity index is 959. The molecule has 1 fully saturated rings. The van der Waals surface area contributed by atoms with E-state index in [2.05, 4.69) is 17.1 Å². The number of nitrogens with one attached hydrogen (secondary N) is 1. The fourth-order valence-electron chi connectivity index (χ4n) is 3.58. The highest BCUT2D eigenvalue weighted by Gasteiger charge is 2.41. The smallest absolute Gasteiger partial charge is 0.292 e. The molecule has 2 heterocycles. The molecule has 0 bridgehead atoms. The van der Waals surface area contributed by atoms with Crippen LogP contribution in [0.5, 0.6) is 0 Å². The van der Waals surface area contributed by atoms with E-state index in [1.807, 2.05) is 54.8 Å². The maximum Gasteiger partial charge on any atom is 0.292 e. The number of rotatable bonds is 5. The van der Waals surface area contributed by atoms with Crippen molar-refractivity contribution in [3.8, 4) is 0 Å². The molecule has 2 amide bonds. The minimum Gasteiger partial charge on any atom is -0.361 e. The van der Waals surface area contributed by atoms with E-state index >= 15 is 0 Å². The van der Waals surface area contributed by atoms with Crippen molar-refractivity contribution in [2.45, 2.75) is 25.8 Å². The average Bonchev–Trinajstić information content (AvgIpc) is 3.17. The molecule has 0 saturated carbocycles. The summed E-state index contributed by atoms with van der Waals surface area (Å²) in [6.07, 6.45) is 3.14. The molecule has 26 heavy (non-hydrogen) atoms. The van der Waals surface area contributed by atoms with Crippen molar-refractivity contribution in [1.82, 2.24) is 4.98 Å². The van der Waals surface area contributed by atoms with E-state index in [1.165, 1.54) is 15.8 Å². The normalized spacial score (nSPS) is 17.4. The average molecular weight is 348 g/mol. The van der Waals surface area contributed by atoms with Crippen molar-refractivity contribution < 1.29 is 14.9 Å². The number of carbonyl (C=O) groups is 2. The molecule has 4 rings (SSSR count). The van der Waals surface area contributed by atoms with Crippen molar-refractivity contribution in [3.05, 3.63) is 65.9 Å². The fourth-order valence-corrected chi connectivity index (χ4v) is 3.58. The van der Waals surface area contributed by atoms with E-state index in [4.69, 9.17) is 0 Å². The molecule has 1 aliphatic heterocycles. The first-order valence-electron chi connectivity index (χ1n) is 8.95. The lowest BCUT2D eigenvalue weighted by atomic mass is 10.1. The van der Waals surface area contributed by atoms with Crippen LogP contribution < -0.4 is 10.2 Å². The molecule has 132 valence electrons. The van der Waals surface area contributed by atoms with Gasteiger partial charge in [-0.15, -0.1) is 0 Å². The minimum atomic E-state index is -0.325. The summed E-state index contributed by atoms with van der Waals surface area (Å²) < 4.78 is 0. The number of aryl methyl sites for hydroxylation is 1. The van der Waals surface area contributed by atoms with E-state index in [0.29, 0.717) is 5.69 Å². The number of amides is 2. The number of para-hydroxylation sites is 1. The second-order valence-corrected chi connectivity index (χ2v) is 6.85. The zero-order chi connectivity index (χ0) is 18.1. The lowest BCUT2D eigenvalue weighted by Crippen LogP contribution is -2.92. The van der Waals surface area contributed by atoms with E-state index in [9.17, 15) is 9.59 Å². The van der Waals surface area contributed by atoms with Crippen LogP contribution >= 0.6 is 0 Å². The Balaban J connectivity index is 1.40. The molecule has 2 aromatic carbocycles. The molecule has 3 N–H and O–H groups in total. The quantitative estimate of drug-likeness (QED) is 0.692. The number of carbonyl (C=O) groups excluding carboxylic acids is 2. The molecule has 1 atom stereocenters. The topological polar surface area (TPSA) is 69.8 Å². The van der Waals surface area contributed by atoms with Gasteiger partial charge in [-0.25, -0.2) is 4.90 Å². The van der Waals surface area contributed by atoms with E-state index < -0.39 is 0 Å². The second kappa shape index (κ2) is 6.77. The summed E-state index contributed by atoms with van der Waals surface area (Å²) in [6.45, 7) is 2.76. The van der Waals surface area contributed by atoms with Crippen LogP contribution in [0.4, 0.5) is 5.69 Å². The van der Waals surface area contributed by atoms with Gasteiger partial charge < -0.3 is 10.3 Å². The molecule has 1 aliphatic rings. The molecule has 5 nitrogen and oxygen atoms in total. The van der Waals surface area contributed by atoms with Gasteiger partial charge >= 0.3 is 0 Å². The number of benzene rings is 2. The maximum absolute atomic E-state index is 12.7. The van der Waals surface area contributed by atoms with Gasteiger partial charge in [0.25, 0.3) is 5.91 Å². The Morgan fingerprint density at radius 1 is 1.12 bits per heavy atom. The van der Waals surface area contributed by atoms with E-state index in [0.717, 1.165) is 24.0 Å². The molecule has 1 aromatic heterocycles. The number of imide groups is 1. The summed E-state index contributed by atoms with van der Waals surface area (Å²) in [5.74, 6) is -0.232. The van der Waals surface area contributed by atoms with Crippen molar-refractivity contribution in [1.29, 1.82) is 0 Å². The lowest BCUT2D eigenvalue weighted by molar-refractivity contribution is -0.674. The highest BCUT2D eigenvalue weighted by atomic mass is 16.2. The van der Waals surface area contributed by atoms with Gasteiger partial charge in [-0.2, -0.15) is 0 Å². The van der Waals surface area contributed by atoms with Crippen LogP contribution in [0, 0.1) is 6.92 Å². The Labute approximate surface area is 152 Å². The summed E-state index contributed by atoms with van der Waals surface area (Å²) in [5, 5.41) is 3.21. The summed E-state index contributed by atoms with van der Waals surface area (Å²) in [7, 11) is 0. The van der Waals surface area contributed by atoms with Crippen molar-refractivity contribution in [2.75, 3.05) is 11.4 Å². The van der Waals surface area contributed by atoms with Gasteiger partial charge in [-0.1, -0.05) is 35.9 Å². The summed E-state index contributed by atoms with van der Waals surface area (Å²) >= 11 is 0. The Hall–Kier alpha value is -2.92. The zero-order valence-corrected chi connectivity index (χ0v) is 14.7. The first-order chi connectivity index (χ1) is 12.6. The molecule has 0 radical (unpaired) electrons. The maximum atomic E-state index is 12.7. The molecule has 0 spiro atoms. The van der Waals surface area contributed by atoms with Crippen LogP contribution in [0.1, 0.15) is 17.5 Å². The number of nitrogens with zero attached hydrogens (tertiary/aromatic N) is 1. The third-order valence-electron chi connectivity index (χ3n) is 5.01. The van der Waals surface area contributed by atoms with Gasteiger partial charge in [0.15, 0.2) is 6.04 Å². The van der Waals surface area contributed by atoms with E-state index in [-0.39, 0.29) is 24.3 Å². The predicted octanol–water partition coefficient (Wildman–Crippen LogP) is 1.91. The Morgan fingerprint density at radius 2 is 1.88 bits per heavy atom. The molecule has 3 aromatic rings. The van der Waals surface area contributed by atoms with Crippen LogP contribution in [0.25, 0.3) is 10.9 Å². The Kier molecular flexibility index (Phi) is 4.31. The summed E-state index contributed by atoms with van der Waals surface area (Å²) in [6, 6.07) is 15.4. The number of aromatic nitrogens is 1. The number of H-pyrrole nitrogens is 1. The highest BCUT2D eigenvalue weighted by molar-refractivity contribution is 6.21. The van der Waals surface area contributed by atoms with Crippen LogP contribution in [-0.2, 0) is 16.0 Å². The zero-order valence-electron chi connectivity index (χ0n) is 14.7. The SMILES string of the molecule is Cc1ccc(N2C(=O)C[C@@H]([NH2+]CCc3c[nH]c4ccccc34)C2=O)cc1. The van der Waals surface area contributed by atoms with Gasteiger partial charge in [-0.3, -0.25) is 9.59 Å². The Morgan fingerprint density at radius 3 is 2.69 bits per heavy atom. The molecule has 0 aliphatic carbocycles. The van der Waals surface area contributed by atoms with Crippen molar-refractivity contribution in [2.24, 2.45) is 0 Å². The summed E-state index contributed by atoms with van der Waals surface area (Å²) in [5.41, 5.74) is 4.14. The van der Waals surface area contributed by atoms with Gasteiger partial charge in [0.1, 0.15) is 0 Å². The number of aromatic amines is 1. The first-order valence-corrected chi connectivity index (χ1v) is 8.95. The van der Waals surface area contributed by atoms with E-state index in [1.54, 1.807) is 0 Å². The second-order valence-electron chi connectivity index (χ2n) is 6.85. The summed E-state index contributed by atoms with van der Waals surface area (Å²) in [4.78, 5) is 29.6. The van der Waals surface area contributed by atoms with Crippen LogP contribution in [0.3, 0.4) is 0 Å². The molecular formula is C21H22N3O2+. The van der Waals surface area contributed by atoms with Gasteiger partial charge in [0.2, 0.25) is 5.91 Å². The number of quaternary nitrogens is 1. The third-order valence-corrected chi connectivity index (χ3v) is 5.01. The van der Waals surface area contributed by atoms with Crippen LogP contribution in [0.15, 0.2) is 54.7 Å². The number of nitrogens with two attached hydrogens (primary N) is 1. The molecule has 5 heteroatoms. The number of anilines is 1. The predicted molar refractivity (Wildman–Crippen MR) is 101 cm³/mol. The number of hydrogen-bond donors (Lipinski definition) is 2. The van der Waals surface area contributed by atoms with Gasteiger partial charge in [-0.05, 0) is 30.7 Å². The molecular weight excluding hydrogens is 326 g/mol. The van der Waals surface area contributed by atoms with Crippen molar-refractivity contribution >= 4 is 28.4 Å². The van der Waals surface area contributed by atoms with Gasteiger partial charge in [0, 0.05) is 23.5 Å². The molecule has 1 saturated heterocycles. The minimum absolute atomic E-state index is 0.113. The fraction of sp³-hybridized carbons (Fsp3) is 0.238. The first kappa shape index (κ1) is 16.5.